The molecule has 0 saturated carbocycles. The number of sulfone groups is 1. The first-order valence-corrected chi connectivity index (χ1v) is 25.2. The molecule has 70 heavy (non-hydrogen) atoms. The SMILES string of the molecule is CCOc1cc([C@@H](CS(C)(=O)=O)N2C(=O)c3ccnc(N4CCC([C@@H]5CCN(CCc6ccc(Oc7cc8c(cc7F)c(N7CCC(=O)NC7=O)nn8C)cc6)CC5(F)F)CC4)c3C2=O)ccc1OC. The number of urea groups is 1. The summed E-state index contributed by atoms with van der Waals surface area (Å²) < 4.78 is 91.5. The zero-order valence-corrected chi connectivity index (χ0v) is 39.9. The largest absolute Gasteiger partial charge is 0.493 e. The lowest BCUT2D eigenvalue weighted by molar-refractivity contribution is -0.131. The molecule has 2 atom stereocenters. The lowest BCUT2D eigenvalue weighted by Gasteiger charge is -2.44. The van der Waals surface area contributed by atoms with Crippen LogP contribution in [0.2, 0.25) is 0 Å². The molecule has 3 aromatic carbocycles. The first kappa shape index (κ1) is 48.3. The Balaban J connectivity index is 0.800. The highest BCUT2D eigenvalue weighted by Crippen LogP contribution is 2.44. The molecule has 5 amide bonds. The van der Waals surface area contributed by atoms with Crippen molar-refractivity contribution in [2.45, 2.75) is 51.0 Å². The van der Waals surface area contributed by atoms with Crippen molar-refractivity contribution in [3.63, 3.8) is 0 Å². The molecule has 3 fully saturated rings. The van der Waals surface area contributed by atoms with Gasteiger partial charge in [-0.15, -0.1) is 0 Å². The summed E-state index contributed by atoms with van der Waals surface area (Å²) in [5.74, 6) is -5.48. The molecule has 0 bridgehead atoms. The molecule has 0 unspecified atom stereocenters. The number of aromatic nitrogens is 3. The summed E-state index contributed by atoms with van der Waals surface area (Å²) in [4.78, 5) is 62.8. The van der Waals surface area contributed by atoms with Crippen LogP contribution in [0, 0.1) is 17.7 Å². The van der Waals surface area contributed by atoms with Crippen LogP contribution in [-0.2, 0) is 28.1 Å². The highest BCUT2D eigenvalue weighted by atomic mass is 32.2. The lowest BCUT2D eigenvalue weighted by Crippen LogP contribution is -2.52. The van der Waals surface area contributed by atoms with Crippen molar-refractivity contribution in [3.05, 3.63) is 94.9 Å². The monoisotopic (exact) mass is 986 g/mol. The number of fused-ring (bicyclic) bond motifs is 2. The number of halogens is 3. The first-order valence-electron chi connectivity index (χ1n) is 23.2. The van der Waals surface area contributed by atoms with Gasteiger partial charge >= 0.3 is 6.03 Å². The number of carbonyl (C=O) groups excluding carboxylic acids is 4. The number of ether oxygens (including phenoxy) is 3. The standard InChI is InChI=1S/C49H53F3N8O9S/c1-5-68-41-24-31(8-11-39(41)67-3)38(27-70(4,65)66)60-46(62)33-12-18-53-45(43(33)47(60)63)58-21-14-30(15-22-58)35-16-20-57(28-49(35,51)52)19-13-29-6-9-32(10-7-29)69-40-26-37-34(25-36(40)50)44(55-56(37)2)59-23-17-42(61)54-48(59)64/h6-12,18,24-26,30,35,38H,5,13-17,19-23,27-28H2,1-4H3,(H,54,61,64)/t35-,38+/m0/s1. The number of hydrogen-bond donors (Lipinski definition) is 1. The molecule has 0 radical (unpaired) electrons. The van der Waals surface area contributed by atoms with Crippen molar-refractivity contribution in [3.8, 4) is 23.0 Å². The van der Waals surface area contributed by atoms with E-state index in [0.717, 1.165) is 16.7 Å². The molecule has 17 nitrogen and oxygen atoms in total. The maximum Gasteiger partial charge on any atom is 0.329 e. The molecule has 3 saturated heterocycles. The molecule has 4 aliphatic rings. The topological polar surface area (TPSA) is 186 Å². The van der Waals surface area contributed by atoms with Crippen LogP contribution >= 0.6 is 0 Å². The smallest absolute Gasteiger partial charge is 0.329 e. The van der Waals surface area contributed by atoms with Crippen molar-refractivity contribution in [2.75, 3.05) is 74.8 Å². The van der Waals surface area contributed by atoms with E-state index in [4.69, 9.17) is 14.2 Å². The second kappa shape index (κ2) is 19.2. The van der Waals surface area contributed by atoms with Crippen LogP contribution in [-0.4, -0.2) is 128 Å². The van der Waals surface area contributed by atoms with Gasteiger partial charge in [-0.2, -0.15) is 5.10 Å². The molecule has 370 valence electrons. The number of piperidine rings is 2. The minimum Gasteiger partial charge on any atom is -0.493 e. The van der Waals surface area contributed by atoms with E-state index >= 15 is 13.2 Å². The van der Waals surface area contributed by atoms with Crippen molar-refractivity contribution in [2.24, 2.45) is 18.9 Å². The Morgan fingerprint density at radius 1 is 0.900 bits per heavy atom. The molecule has 5 aromatic rings. The number of alkyl halides is 2. The Labute approximate surface area is 402 Å². The second-order valence-corrected chi connectivity index (χ2v) is 20.4. The van der Waals surface area contributed by atoms with E-state index in [0.29, 0.717) is 92.2 Å². The number of rotatable bonds is 15. The third-order valence-corrected chi connectivity index (χ3v) is 14.6. The van der Waals surface area contributed by atoms with Crippen LogP contribution in [0.4, 0.5) is 29.6 Å². The molecular weight excluding hydrogens is 934 g/mol. The fourth-order valence-corrected chi connectivity index (χ4v) is 11.1. The number of nitrogens with zero attached hydrogens (tertiary/aromatic N) is 7. The number of benzene rings is 3. The number of anilines is 2. The number of amides is 5. The van der Waals surface area contributed by atoms with Gasteiger partial charge in [-0.05, 0) is 92.6 Å². The number of nitrogens with one attached hydrogen (secondary N) is 1. The van der Waals surface area contributed by atoms with E-state index in [9.17, 15) is 27.6 Å². The van der Waals surface area contributed by atoms with Crippen molar-refractivity contribution < 1.29 is 55.0 Å². The van der Waals surface area contributed by atoms with E-state index in [1.807, 2.05) is 17.0 Å². The Kier molecular flexibility index (Phi) is 13.3. The van der Waals surface area contributed by atoms with E-state index < -0.39 is 63.0 Å². The quantitative estimate of drug-likeness (QED) is 0.112. The molecule has 9 rings (SSSR count). The third-order valence-electron chi connectivity index (χ3n) is 13.7. The Bertz CT molecular complexity index is 2980. The number of aryl methyl sites for hydroxylation is 1. The Morgan fingerprint density at radius 3 is 2.34 bits per heavy atom. The number of likely N-dealkylation sites (tertiary alicyclic amines) is 1. The van der Waals surface area contributed by atoms with Crippen molar-refractivity contribution >= 4 is 56.1 Å². The fourth-order valence-electron chi connectivity index (χ4n) is 10.2. The van der Waals surface area contributed by atoms with Gasteiger partial charge in [0, 0.05) is 69.5 Å². The average Bonchev–Trinajstić information content (AvgIpc) is 3.77. The second-order valence-electron chi connectivity index (χ2n) is 18.2. The molecular formula is C49H53F3N8O9S. The lowest BCUT2D eigenvalue weighted by atomic mass is 9.76. The van der Waals surface area contributed by atoms with Crippen LogP contribution in [0.3, 0.4) is 0 Å². The number of hydrogen-bond acceptors (Lipinski definition) is 13. The van der Waals surface area contributed by atoms with Gasteiger partial charge in [0.05, 0.1) is 48.7 Å². The van der Waals surface area contributed by atoms with Gasteiger partial charge in [0.25, 0.3) is 17.7 Å². The highest BCUT2D eigenvalue weighted by molar-refractivity contribution is 7.90. The summed E-state index contributed by atoms with van der Waals surface area (Å²) in [5.41, 5.74) is 1.92. The maximum absolute atomic E-state index is 16.1. The molecule has 2 aromatic heterocycles. The Hall–Kier alpha value is -6.74. The van der Waals surface area contributed by atoms with Crippen molar-refractivity contribution in [1.82, 2.24) is 29.9 Å². The molecule has 1 N–H and O–H groups in total. The van der Waals surface area contributed by atoms with Gasteiger partial charge in [0.1, 0.15) is 21.4 Å². The van der Waals surface area contributed by atoms with Crippen molar-refractivity contribution in [1.29, 1.82) is 0 Å². The summed E-state index contributed by atoms with van der Waals surface area (Å²) in [6, 6.07) is 14.1. The van der Waals surface area contributed by atoms with Gasteiger partial charge in [0.15, 0.2) is 28.9 Å². The van der Waals surface area contributed by atoms with Crippen LogP contribution < -0.4 is 29.3 Å². The maximum atomic E-state index is 16.1. The van der Waals surface area contributed by atoms with Crippen LogP contribution in [0.15, 0.2) is 66.9 Å². The van der Waals surface area contributed by atoms with E-state index in [-0.39, 0.29) is 53.9 Å². The highest BCUT2D eigenvalue weighted by Gasteiger charge is 2.49. The molecule has 6 heterocycles. The van der Waals surface area contributed by atoms with Gasteiger partial charge in [-0.1, -0.05) is 18.2 Å². The van der Waals surface area contributed by atoms with Gasteiger partial charge in [-0.3, -0.25) is 39.1 Å². The summed E-state index contributed by atoms with van der Waals surface area (Å²) in [6.45, 7) is 3.38. The predicted molar refractivity (Wildman–Crippen MR) is 252 cm³/mol. The fraction of sp³-hybridized carbons (Fsp3) is 0.429. The minimum atomic E-state index is -3.72. The number of methoxy groups -OCH3 is 1. The molecule has 0 aliphatic carbocycles. The van der Waals surface area contributed by atoms with E-state index in [1.54, 1.807) is 49.2 Å². The van der Waals surface area contributed by atoms with Crippen LogP contribution in [0.1, 0.15) is 70.5 Å². The zero-order valence-electron chi connectivity index (χ0n) is 39.1. The zero-order chi connectivity index (χ0) is 49.6. The molecule has 0 spiro atoms. The molecule has 21 heteroatoms. The van der Waals surface area contributed by atoms with Gasteiger partial charge in [-0.25, -0.2) is 31.4 Å². The number of pyridine rings is 1. The Morgan fingerprint density at radius 2 is 1.66 bits per heavy atom. The summed E-state index contributed by atoms with van der Waals surface area (Å²) in [5, 5.41) is 7.03. The van der Waals surface area contributed by atoms with E-state index in [2.05, 4.69) is 15.4 Å². The van der Waals surface area contributed by atoms with Crippen LogP contribution in [0.25, 0.3) is 10.9 Å². The summed E-state index contributed by atoms with van der Waals surface area (Å²) in [6.07, 6.45) is 4.23. The predicted octanol–water partition coefficient (Wildman–Crippen LogP) is 6.55. The van der Waals surface area contributed by atoms with Gasteiger partial charge in [0.2, 0.25) is 5.91 Å². The van der Waals surface area contributed by atoms with Gasteiger partial charge < -0.3 is 19.1 Å². The number of carbonyl (C=O) groups is 4. The number of imide groups is 2. The summed E-state index contributed by atoms with van der Waals surface area (Å²) >= 11 is 0. The third kappa shape index (κ3) is 9.60. The first-order chi connectivity index (χ1) is 33.4. The minimum absolute atomic E-state index is 0.0531. The van der Waals surface area contributed by atoms with Crippen LogP contribution in [0.5, 0.6) is 23.0 Å². The van der Waals surface area contributed by atoms with E-state index in [1.165, 1.54) is 41.1 Å². The molecule has 4 aliphatic heterocycles. The normalized spacial score (nSPS) is 19.4. The average molecular weight is 987 g/mol. The summed E-state index contributed by atoms with van der Waals surface area (Å²) in [7, 11) is -0.597.